The first-order valence-corrected chi connectivity index (χ1v) is 13.8. The molecule has 0 saturated heterocycles. The van der Waals surface area contributed by atoms with Gasteiger partial charge in [0.05, 0.1) is 10.5 Å². The van der Waals surface area contributed by atoms with Gasteiger partial charge in [0.2, 0.25) is 10.0 Å². The largest absolute Gasteiger partial charge is 0.390 e. The van der Waals surface area contributed by atoms with E-state index in [9.17, 15) is 18.3 Å². The molecule has 2 atom stereocenters. The van der Waals surface area contributed by atoms with Gasteiger partial charge < -0.3 is 10.4 Å². The number of carbonyl (C=O) groups excluding carboxylic acids is 1. The zero-order chi connectivity index (χ0) is 24.1. The molecular weight excluding hydrogens is 448 g/mol. The Kier molecular flexibility index (Phi) is 5.86. The molecular formula is C27H34N2O4S. The average Bonchev–Trinajstić information content (AvgIpc) is 2.78. The van der Waals surface area contributed by atoms with E-state index in [2.05, 4.69) is 17.4 Å². The lowest BCUT2D eigenvalue weighted by Crippen LogP contribution is -2.57. The number of aliphatic hydroxyl groups is 1. The summed E-state index contributed by atoms with van der Waals surface area (Å²) in [5.41, 5.74) is 1.95. The molecule has 34 heavy (non-hydrogen) atoms. The van der Waals surface area contributed by atoms with Gasteiger partial charge in [-0.15, -0.1) is 0 Å². The number of rotatable bonds is 7. The minimum Gasteiger partial charge on any atom is -0.390 e. The first-order valence-electron chi connectivity index (χ1n) is 12.4. The second kappa shape index (κ2) is 8.47. The molecule has 6 rings (SSSR count). The van der Waals surface area contributed by atoms with Crippen molar-refractivity contribution in [1.29, 1.82) is 0 Å². The van der Waals surface area contributed by atoms with Crippen LogP contribution >= 0.6 is 0 Å². The van der Waals surface area contributed by atoms with E-state index in [0.717, 1.165) is 32.1 Å². The van der Waals surface area contributed by atoms with E-state index >= 15 is 0 Å². The van der Waals surface area contributed by atoms with Gasteiger partial charge >= 0.3 is 0 Å². The Hall–Kier alpha value is -2.22. The maximum absolute atomic E-state index is 12.8. The van der Waals surface area contributed by atoms with Crippen LogP contribution in [0.3, 0.4) is 0 Å². The number of anilines is 1. The Bertz CT molecular complexity index is 1160. The van der Waals surface area contributed by atoms with Crippen LogP contribution in [-0.4, -0.2) is 42.4 Å². The summed E-state index contributed by atoms with van der Waals surface area (Å²) in [5, 5.41) is 14.0. The predicted molar refractivity (Wildman–Crippen MR) is 132 cm³/mol. The lowest BCUT2D eigenvalue weighted by atomic mass is 9.46. The zero-order valence-corrected chi connectivity index (χ0v) is 20.8. The highest BCUT2D eigenvalue weighted by atomic mass is 32.2. The number of sulfonamides is 1. The summed E-state index contributed by atoms with van der Waals surface area (Å²) in [6.07, 6.45) is 6.32. The van der Waals surface area contributed by atoms with Crippen LogP contribution in [0.5, 0.6) is 0 Å². The smallest absolute Gasteiger partial charge is 0.255 e. The van der Waals surface area contributed by atoms with E-state index in [-0.39, 0.29) is 16.2 Å². The Labute approximate surface area is 202 Å². The lowest BCUT2D eigenvalue weighted by molar-refractivity contribution is -0.136. The molecule has 182 valence electrons. The van der Waals surface area contributed by atoms with Crippen molar-refractivity contribution in [1.82, 2.24) is 4.31 Å². The molecule has 4 saturated carbocycles. The molecule has 2 N–H and O–H groups in total. The second-order valence-electron chi connectivity index (χ2n) is 10.6. The SMILES string of the molecule is CCN(CC)S(=O)(=O)c1ccc(C(=O)Nc2ccc(C34C[C@H]5C[C@@H](CC(O)(C5)C3)C4)cc2)cc1. The topological polar surface area (TPSA) is 86.7 Å². The monoisotopic (exact) mass is 482 g/mol. The third-order valence-corrected chi connectivity index (χ3v) is 10.3. The molecule has 7 heteroatoms. The minimum atomic E-state index is -3.55. The Morgan fingerprint density at radius 2 is 1.56 bits per heavy atom. The standard InChI is InChI=1S/C27H34N2O4S/c1-3-29(4-2)34(32,33)24-11-5-21(6-12-24)25(30)28-23-9-7-22(8-10-23)26-14-19-13-20(15-26)17-27(31,16-19)18-26/h5-12,19-20,31H,3-4,13-18H2,1-2H3,(H,28,30)/t19-,20-,26?,27?/m1/s1. The second-order valence-corrected chi connectivity index (χ2v) is 12.5. The van der Waals surface area contributed by atoms with Crippen LogP contribution in [0, 0.1) is 11.8 Å². The molecule has 0 aliphatic heterocycles. The summed E-state index contributed by atoms with van der Waals surface area (Å²) in [5.74, 6) is 0.974. The fraction of sp³-hybridized carbons (Fsp3) is 0.519. The van der Waals surface area contributed by atoms with Crippen LogP contribution in [-0.2, 0) is 15.4 Å². The van der Waals surface area contributed by atoms with Gasteiger partial charge in [-0.3, -0.25) is 4.79 Å². The average molecular weight is 483 g/mol. The molecule has 2 aromatic rings. The van der Waals surface area contributed by atoms with E-state index in [4.69, 9.17) is 0 Å². The van der Waals surface area contributed by atoms with Crippen LogP contribution < -0.4 is 5.32 Å². The normalized spacial score (nSPS) is 30.0. The molecule has 4 aliphatic carbocycles. The summed E-state index contributed by atoms with van der Waals surface area (Å²) in [4.78, 5) is 13.0. The fourth-order valence-corrected chi connectivity index (χ4v) is 8.61. The number of hydrogen-bond acceptors (Lipinski definition) is 4. The fourth-order valence-electron chi connectivity index (χ4n) is 7.15. The number of carbonyl (C=O) groups is 1. The first kappa shape index (κ1) is 23.5. The molecule has 0 unspecified atom stereocenters. The van der Waals surface area contributed by atoms with Crippen molar-refractivity contribution in [3.8, 4) is 0 Å². The van der Waals surface area contributed by atoms with Crippen molar-refractivity contribution in [2.75, 3.05) is 18.4 Å². The molecule has 1 amide bonds. The van der Waals surface area contributed by atoms with Crippen LogP contribution in [0.1, 0.15) is 68.3 Å². The molecule has 0 radical (unpaired) electrons. The van der Waals surface area contributed by atoms with Gasteiger partial charge in [0, 0.05) is 24.3 Å². The Balaban J connectivity index is 1.28. The minimum absolute atomic E-state index is 0.0631. The van der Waals surface area contributed by atoms with Crippen LogP contribution in [0.15, 0.2) is 53.4 Å². The summed E-state index contributed by atoms with van der Waals surface area (Å²) in [6.45, 7) is 4.41. The highest BCUT2D eigenvalue weighted by Crippen LogP contribution is 2.62. The predicted octanol–water partition coefficient (Wildman–Crippen LogP) is 4.55. The van der Waals surface area contributed by atoms with E-state index in [1.807, 2.05) is 12.1 Å². The van der Waals surface area contributed by atoms with Crippen molar-refractivity contribution in [2.45, 2.75) is 68.3 Å². The summed E-state index contributed by atoms with van der Waals surface area (Å²) in [6, 6.07) is 14.2. The first-order chi connectivity index (χ1) is 16.2. The lowest BCUT2D eigenvalue weighted by Gasteiger charge is -2.60. The maximum Gasteiger partial charge on any atom is 0.255 e. The third-order valence-electron chi connectivity index (χ3n) is 8.25. The van der Waals surface area contributed by atoms with Crippen molar-refractivity contribution in [3.05, 3.63) is 59.7 Å². The molecule has 0 spiro atoms. The van der Waals surface area contributed by atoms with E-state index < -0.39 is 15.6 Å². The number of nitrogens with zero attached hydrogens (tertiary/aromatic N) is 1. The quantitative estimate of drug-likeness (QED) is 0.606. The van der Waals surface area contributed by atoms with E-state index in [1.54, 1.807) is 26.0 Å². The van der Waals surface area contributed by atoms with Crippen molar-refractivity contribution in [2.24, 2.45) is 11.8 Å². The molecule has 4 aliphatic rings. The van der Waals surface area contributed by atoms with Gasteiger partial charge in [-0.2, -0.15) is 4.31 Å². The number of hydrogen-bond donors (Lipinski definition) is 2. The van der Waals surface area contributed by atoms with E-state index in [1.165, 1.54) is 28.4 Å². The molecule has 6 nitrogen and oxygen atoms in total. The molecule has 0 heterocycles. The zero-order valence-electron chi connectivity index (χ0n) is 20.0. The summed E-state index contributed by atoms with van der Waals surface area (Å²) < 4.78 is 26.7. The third kappa shape index (κ3) is 4.08. The number of amides is 1. The molecule has 4 bridgehead atoms. The van der Waals surface area contributed by atoms with Crippen LogP contribution in [0.2, 0.25) is 0 Å². The molecule has 0 aromatic heterocycles. The van der Waals surface area contributed by atoms with Crippen LogP contribution in [0.4, 0.5) is 5.69 Å². The summed E-state index contributed by atoms with van der Waals surface area (Å²) in [7, 11) is -3.55. The van der Waals surface area contributed by atoms with E-state index in [0.29, 0.717) is 36.2 Å². The number of nitrogens with one attached hydrogen (secondary N) is 1. The highest BCUT2D eigenvalue weighted by Gasteiger charge is 2.57. The summed E-state index contributed by atoms with van der Waals surface area (Å²) >= 11 is 0. The van der Waals surface area contributed by atoms with Gasteiger partial charge in [0.25, 0.3) is 5.91 Å². The van der Waals surface area contributed by atoms with Crippen molar-refractivity contribution < 1.29 is 18.3 Å². The van der Waals surface area contributed by atoms with Gasteiger partial charge in [-0.25, -0.2) is 8.42 Å². The van der Waals surface area contributed by atoms with Crippen molar-refractivity contribution in [3.63, 3.8) is 0 Å². The molecule has 4 fully saturated rings. The van der Waals surface area contributed by atoms with Gasteiger partial charge in [0.15, 0.2) is 0 Å². The Morgan fingerprint density at radius 1 is 0.971 bits per heavy atom. The van der Waals surface area contributed by atoms with Gasteiger partial charge in [-0.05, 0) is 97.7 Å². The van der Waals surface area contributed by atoms with Crippen LogP contribution in [0.25, 0.3) is 0 Å². The Morgan fingerprint density at radius 3 is 2.09 bits per heavy atom. The van der Waals surface area contributed by atoms with Crippen molar-refractivity contribution >= 4 is 21.6 Å². The number of benzene rings is 2. The maximum atomic E-state index is 12.8. The highest BCUT2D eigenvalue weighted by molar-refractivity contribution is 7.89. The molecule has 2 aromatic carbocycles. The van der Waals surface area contributed by atoms with Gasteiger partial charge in [0.1, 0.15) is 0 Å². The van der Waals surface area contributed by atoms with Gasteiger partial charge in [-0.1, -0.05) is 26.0 Å².